The zero-order valence-electron chi connectivity index (χ0n) is 13.6. The Kier molecular flexibility index (Phi) is 6.50. The molecule has 0 radical (unpaired) electrons. The molecule has 0 bridgehead atoms. The van der Waals surface area contributed by atoms with Gasteiger partial charge in [0.2, 0.25) is 0 Å². The maximum absolute atomic E-state index is 12.5. The van der Waals surface area contributed by atoms with Gasteiger partial charge in [-0.25, -0.2) is 0 Å². The third kappa shape index (κ3) is 4.41. The molecule has 2 heterocycles. The second-order valence-corrected chi connectivity index (χ2v) is 7.06. The van der Waals surface area contributed by atoms with Gasteiger partial charge in [0.25, 0.3) is 0 Å². The van der Waals surface area contributed by atoms with Crippen LogP contribution in [0.5, 0.6) is 0 Å². The van der Waals surface area contributed by atoms with Crippen LogP contribution >= 0.6 is 11.6 Å². The van der Waals surface area contributed by atoms with Crippen LogP contribution in [0.4, 0.5) is 4.79 Å². The summed E-state index contributed by atoms with van der Waals surface area (Å²) >= 11 is 8.41. The van der Waals surface area contributed by atoms with Gasteiger partial charge in [0.1, 0.15) is 0 Å². The van der Waals surface area contributed by atoms with E-state index in [1.54, 1.807) is 0 Å². The van der Waals surface area contributed by atoms with Crippen LogP contribution in [0.1, 0.15) is 24.0 Å². The molecule has 1 atom stereocenters. The summed E-state index contributed by atoms with van der Waals surface area (Å²) in [4.78, 5) is 25.6. The van der Waals surface area contributed by atoms with Gasteiger partial charge in [-0.15, -0.1) is 0 Å². The second kappa shape index (κ2) is 8.19. The molecule has 129 valence electrons. The summed E-state index contributed by atoms with van der Waals surface area (Å²) < 4.78 is 0.827. The van der Waals surface area contributed by atoms with Gasteiger partial charge in [-0.2, -0.15) is 0 Å². The summed E-state index contributed by atoms with van der Waals surface area (Å²) in [6, 6.07) is 5.70. The van der Waals surface area contributed by atoms with E-state index in [0.717, 1.165) is 35.3 Å². The first-order valence-electron chi connectivity index (χ1n) is 7.71. The van der Waals surface area contributed by atoms with E-state index in [9.17, 15) is 9.59 Å². The van der Waals surface area contributed by atoms with Crippen molar-refractivity contribution in [2.24, 2.45) is 0 Å². The molecule has 2 N–H and O–H groups in total. The van der Waals surface area contributed by atoms with Crippen LogP contribution in [-0.4, -0.2) is 40.3 Å². The van der Waals surface area contributed by atoms with E-state index in [2.05, 4.69) is 33.7 Å². The monoisotopic (exact) mass is 385 g/mol. The van der Waals surface area contributed by atoms with Crippen LogP contribution in [0.2, 0.25) is 5.02 Å². The summed E-state index contributed by atoms with van der Waals surface area (Å²) in [7, 11) is 0. The summed E-state index contributed by atoms with van der Waals surface area (Å²) in [5, 5.41) is 6.25. The Balaban J connectivity index is 0.00000208. The average molecular weight is 386 g/mol. The fourth-order valence-electron chi connectivity index (χ4n) is 3.04. The Morgan fingerprint density at radius 2 is 2.00 bits per heavy atom. The molecule has 1 fully saturated rings. The molecular weight excluding hydrogens is 365 g/mol. The van der Waals surface area contributed by atoms with Crippen molar-refractivity contribution in [1.82, 2.24) is 15.5 Å². The molecule has 2 aliphatic heterocycles. The van der Waals surface area contributed by atoms with Crippen LogP contribution in [-0.2, 0) is 34.6 Å². The quantitative estimate of drug-likeness (QED) is 0.780. The number of fused-ring (bicyclic) bond motifs is 1. The van der Waals surface area contributed by atoms with Gasteiger partial charge in [-0.3, -0.25) is 0 Å². The topological polar surface area (TPSA) is 61.4 Å². The standard InChI is InChI=1S/C16H18ClN3O2.CH3.V/c17-13-2-1-11-5-7-20(8-6-12(11)9-13)15(21)4-3-14-10-18-16(22)19-14;;/h1-2,9,14H,3-8H2,(H2,18,19,22);1H3;/q;-1;. The SMILES string of the molecule is O=C1N[C](=[V])C(CCC(=O)N2CCc3ccc(Cl)cc3CC2)N1.[CH3-]. The van der Waals surface area contributed by atoms with Crippen molar-refractivity contribution in [2.75, 3.05) is 13.1 Å². The van der Waals surface area contributed by atoms with Gasteiger partial charge in [-0.05, 0) is 0 Å². The molecule has 2 aliphatic rings. The molecule has 1 unspecified atom stereocenters. The first-order chi connectivity index (χ1) is 11.0. The normalized spacial score (nSPS) is 19.7. The first kappa shape index (κ1) is 19.0. The molecule has 3 rings (SSSR count). The molecule has 1 aromatic rings. The Labute approximate surface area is 156 Å². The van der Waals surface area contributed by atoms with Crippen LogP contribution in [0.3, 0.4) is 0 Å². The molecule has 5 nitrogen and oxygen atoms in total. The largest absolute Gasteiger partial charge is 0.358 e. The van der Waals surface area contributed by atoms with Crippen molar-refractivity contribution in [3.8, 4) is 0 Å². The van der Waals surface area contributed by atoms with E-state index in [1.165, 1.54) is 11.1 Å². The number of rotatable bonds is 3. The average Bonchev–Trinajstić information content (AvgIpc) is 2.72. The van der Waals surface area contributed by atoms with Gasteiger partial charge >= 0.3 is 149 Å². The maximum Gasteiger partial charge on any atom is -0.358 e. The number of benzene rings is 1. The number of amides is 3. The van der Waals surface area contributed by atoms with E-state index in [-0.39, 0.29) is 25.4 Å². The summed E-state index contributed by atoms with van der Waals surface area (Å²) in [5.41, 5.74) is 2.51. The third-order valence-corrected chi connectivity index (χ3v) is 5.24. The summed E-state index contributed by atoms with van der Waals surface area (Å²) in [6.45, 7) is 1.46. The number of nitrogens with zero attached hydrogens (tertiary/aromatic N) is 1. The molecule has 0 saturated carbocycles. The predicted octanol–water partition coefficient (Wildman–Crippen LogP) is 1.86. The van der Waals surface area contributed by atoms with Crippen LogP contribution in [0.15, 0.2) is 18.2 Å². The zero-order valence-corrected chi connectivity index (χ0v) is 15.8. The Bertz CT molecular complexity index is 665. The molecule has 0 spiro atoms. The Morgan fingerprint density at radius 3 is 2.67 bits per heavy atom. The predicted molar refractivity (Wildman–Crippen MR) is 91.6 cm³/mol. The Hall–Kier alpha value is -1.30. The van der Waals surface area contributed by atoms with Crippen LogP contribution in [0.25, 0.3) is 0 Å². The number of hydrogen-bond donors (Lipinski definition) is 2. The fraction of sp³-hybridized carbons (Fsp3) is 0.412. The van der Waals surface area contributed by atoms with Gasteiger partial charge < -0.3 is 7.43 Å². The van der Waals surface area contributed by atoms with Crippen molar-refractivity contribution in [3.63, 3.8) is 0 Å². The molecule has 1 saturated heterocycles. The third-order valence-electron chi connectivity index (χ3n) is 4.35. The number of carbonyl (C=O) groups is 2. The number of nitrogens with one attached hydrogen (secondary N) is 2. The van der Waals surface area contributed by atoms with Crippen LogP contribution in [0, 0.1) is 7.43 Å². The zero-order chi connectivity index (χ0) is 16.4. The van der Waals surface area contributed by atoms with Crippen LogP contribution < -0.4 is 10.6 Å². The summed E-state index contributed by atoms with van der Waals surface area (Å²) in [5.74, 6) is 0.144. The molecule has 0 aromatic heterocycles. The van der Waals surface area contributed by atoms with Crippen molar-refractivity contribution < 1.29 is 26.6 Å². The number of carbonyl (C=O) groups excluding carboxylic acids is 2. The van der Waals surface area contributed by atoms with Crippen molar-refractivity contribution in [1.29, 1.82) is 0 Å². The van der Waals surface area contributed by atoms with Gasteiger partial charge in [0, 0.05) is 0 Å². The Morgan fingerprint density at radius 1 is 1.29 bits per heavy atom. The second-order valence-electron chi connectivity index (χ2n) is 5.87. The van der Waals surface area contributed by atoms with Gasteiger partial charge in [0.05, 0.1) is 0 Å². The fourth-order valence-corrected chi connectivity index (χ4v) is 3.70. The molecule has 7 heteroatoms. The molecular formula is C17H21ClN3O2V-. The first-order valence-corrected chi connectivity index (χ1v) is 8.79. The van der Waals surface area contributed by atoms with Crippen molar-refractivity contribution in [2.45, 2.75) is 31.7 Å². The van der Waals surface area contributed by atoms with E-state index in [0.29, 0.717) is 12.8 Å². The van der Waals surface area contributed by atoms with E-state index >= 15 is 0 Å². The molecule has 0 aliphatic carbocycles. The van der Waals surface area contributed by atoms with Gasteiger partial charge in [-0.1, -0.05) is 0 Å². The van der Waals surface area contributed by atoms with Crippen molar-refractivity contribution >= 4 is 27.9 Å². The smallest absolute Gasteiger partial charge is 0.358 e. The van der Waals surface area contributed by atoms with E-state index < -0.39 is 0 Å². The molecule has 24 heavy (non-hydrogen) atoms. The molecule has 1 aromatic carbocycles. The minimum absolute atomic E-state index is 0. The van der Waals surface area contributed by atoms with E-state index in [4.69, 9.17) is 11.6 Å². The van der Waals surface area contributed by atoms with E-state index in [1.807, 2.05) is 17.0 Å². The number of halogens is 1. The summed E-state index contributed by atoms with van der Waals surface area (Å²) in [6.07, 6.45) is 2.76. The van der Waals surface area contributed by atoms with Crippen molar-refractivity contribution in [3.05, 3.63) is 41.8 Å². The maximum atomic E-state index is 12.5. The van der Waals surface area contributed by atoms with Gasteiger partial charge in [0.15, 0.2) is 0 Å². The number of urea groups is 1. The number of hydrogen-bond acceptors (Lipinski definition) is 2. The molecule has 3 amide bonds. The minimum atomic E-state index is -0.194. The minimum Gasteiger partial charge on any atom is -0.358 e.